The SMILES string of the molecule is CC(C)Cc1cc(C(=O)NCc2cc(=O)[nH]cn2)nc(=O)[nH]1. The molecule has 0 atom stereocenters. The van der Waals surface area contributed by atoms with Crippen LogP contribution in [0.1, 0.15) is 35.7 Å². The summed E-state index contributed by atoms with van der Waals surface area (Å²) in [6.45, 7) is 4.10. The van der Waals surface area contributed by atoms with Crippen LogP contribution in [0.5, 0.6) is 0 Å². The Kier molecular flexibility index (Phi) is 4.82. The summed E-state index contributed by atoms with van der Waals surface area (Å²) in [5.74, 6) is -0.146. The van der Waals surface area contributed by atoms with E-state index in [0.29, 0.717) is 23.7 Å². The van der Waals surface area contributed by atoms with Crippen LogP contribution in [0, 0.1) is 5.92 Å². The van der Waals surface area contributed by atoms with Crippen LogP contribution in [0.2, 0.25) is 0 Å². The summed E-state index contributed by atoms with van der Waals surface area (Å²) in [7, 11) is 0. The maximum absolute atomic E-state index is 12.1. The summed E-state index contributed by atoms with van der Waals surface area (Å²) in [6, 6.07) is 2.84. The van der Waals surface area contributed by atoms with Crippen molar-refractivity contribution in [3.05, 3.63) is 56.4 Å². The Labute approximate surface area is 126 Å². The predicted octanol–water partition coefficient (Wildman–Crippen LogP) is -0.0183. The summed E-state index contributed by atoms with van der Waals surface area (Å²) in [6.07, 6.45) is 1.91. The van der Waals surface area contributed by atoms with E-state index in [-0.39, 0.29) is 17.8 Å². The molecular formula is C14H17N5O3. The largest absolute Gasteiger partial charge is 0.345 e. The van der Waals surface area contributed by atoms with Crippen molar-refractivity contribution < 1.29 is 4.79 Å². The minimum Gasteiger partial charge on any atom is -0.345 e. The van der Waals surface area contributed by atoms with Crippen LogP contribution in [0.25, 0.3) is 0 Å². The van der Waals surface area contributed by atoms with Gasteiger partial charge in [-0.05, 0) is 18.4 Å². The van der Waals surface area contributed by atoms with Gasteiger partial charge in [0.1, 0.15) is 5.69 Å². The van der Waals surface area contributed by atoms with E-state index in [0.717, 1.165) is 0 Å². The molecule has 116 valence electrons. The van der Waals surface area contributed by atoms with Crippen LogP contribution in [0.4, 0.5) is 0 Å². The molecule has 0 aliphatic heterocycles. The van der Waals surface area contributed by atoms with Crippen molar-refractivity contribution in [1.29, 1.82) is 0 Å². The van der Waals surface area contributed by atoms with E-state index in [1.54, 1.807) is 6.07 Å². The highest BCUT2D eigenvalue weighted by Crippen LogP contribution is 2.04. The molecule has 1 amide bonds. The summed E-state index contributed by atoms with van der Waals surface area (Å²) < 4.78 is 0. The predicted molar refractivity (Wildman–Crippen MR) is 79.4 cm³/mol. The average Bonchev–Trinajstić information content (AvgIpc) is 2.43. The zero-order chi connectivity index (χ0) is 16.1. The number of aromatic nitrogens is 4. The number of hydrogen-bond donors (Lipinski definition) is 3. The van der Waals surface area contributed by atoms with Crippen molar-refractivity contribution in [3.63, 3.8) is 0 Å². The van der Waals surface area contributed by atoms with Crippen molar-refractivity contribution in [2.75, 3.05) is 0 Å². The van der Waals surface area contributed by atoms with Crippen LogP contribution in [-0.2, 0) is 13.0 Å². The van der Waals surface area contributed by atoms with E-state index in [1.807, 2.05) is 13.8 Å². The molecule has 0 aliphatic rings. The van der Waals surface area contributed by atoms with Crippen molar-refractivity contribution in [2.45, 2.75) is 26.8 Å². The molecule has 0 unspecified atom stereocenters. The van der Waals surface area contributed by atoms with Gasteiger partial charge >= 0.3 is 5.69 Å². The molecule has 2 rings (SSSR count). The fraction of sp³-hybridized carbons (Fsp3) is 0.357. The third-order valence-corrected chi connectivity index (χ3v) is 2.83. The third kappa shape index (κ3) is 4.37. The van der Waals surface area contributed by atoms with Gasteiger partial charge in [0.25, 0.3) is 11.5 Å². The molecule has 0 saturated heterocycles. The van der Waals surface area contributed by atoms with E-state index in [9.17, 15) is 14.4 Å². The summed E-state index contributed by atoms with van der Waals surface area (Å²) in [4.78, 5) is 47.3. The Morgan fingerprint density at radius 1 is 1.32 bits per heavy atom. The number of carbonyl (C=O) groups excluding carboxylic acids is 1. The lowest BCUT2D eigenvalue weighted by Gasteiger charge is -2.07. The van der Waals surface area contributed by atoms with Crippen LogP contribution in [0.3, 0.4) is 0 Å². The van der Waals surface area contributed by atoms with Crippen LogP contribution >= 0.6 is 0 Å². The van der Waals surface area contributed by atoms with Gasteiger partial charge in [0.05, 0.1) is 18.6 Å². The van der Waals surface area contributed by atoms with Gasteiger partial charge in [-0.15, -0.1) is 0 Å². The lowest BCUT2D eigenvalue weighted by Crippen LogP contribution is -2.28. The van der Waals surface area contributed by atoms with Gasteiger partial charge in [0, 0.05) is 11.8 Å². The maximum Gasteiger partial charge on any atom is 0.345 e. The number of carbonyl (C=O) groups is 1. The first-order valence-electron chi connectivity index (χ1n) is 6.86. The quantitative estimate of drug-likeness (QED) is 0.717. The van der Waals surface area contributed by atoms with Gasteiger partial charge in [0.2, 0.25) is 0 Å². The number of nitrogens with one attached hydrogen (secondary N) is 3. The molecule has 8 nitrogen and oxygen atoms in total. The van der Waals surface area contributed by atoms with Crippen molar-refractivity contribution in [1.82, 2.24) is 25.3 Å². The van der Waals surface area contributed by atoms with E-state index in [2.05, 4.69) is 25.3 Å². The van der Waals surface area contributed by atoms with Gasteiger partial charge in [-0.3, -0.25) is 9.59 Å². The molecule has 3 N–H and O–H groups in total. The van der Waals surface area contributed by atoms with Crippen molar-refractivity contribution in [2.24, 2.45) is 5.92 Å². The molecule has 0 radical (unpaired) electrons. The van der Waals surface area contributed by atoms with Gasteiger partial charge in [-0.2, -0.15) is 4.98 Å². The maximum atomic E-state index is 12.1. The van der Waals surface area contributed by atoms with Gasteiger partial charge in [-0.1, -0.05) is 13.8 Å². The lowest BCUT2D eigenvalue weighted by atomic mass is 10.1. The van der Waals surface area contributed by atoms with Gasteiger partial charge < -0.3 is 15.3 Å². The number of aromatic amines is 2. The monoisotopic (exact) mass is 303 g/mol. The van der Waals surface area contributed by atoms with Crippen LogP contribution < -0.4 is 16.6 Å². The minimum absolute atomic E-state index is 0.0456. The molecule has 0 fully saturated rings. The fourth-order valence-electron chi connectivity index (χ4n) is 1.94. The first-order chi connectivity index (χ1) is 10.4. The zero-order valence-electron chi connectivity index (χ0n) is 12.3. The number of nitrogens with zero attached hydrogens (tertiary/aromatic N) is 2. The van der Waals surface area contributed by atoms with E-state index in [1.165, 1.54) is 12.4 Å². The highest BCUT2D eigenvalue weighted by Gasteiger charge is 2.11. The average molecular weight is 303 g/mol. The van der Waals surface area contributed by atoms with E-state index in [4.69, 9.17) is 0 Å². The highest BCUT2D eigenvalue weighted by molar-refractivity contribution is 5.92. The van der Waals surface area contributed by atoms with Crippen molar-refractivity contribution in [3.8, 4) is 0 Å². The van der Waals surface area contributed by atoms with E-state index < -0.39 is 11.6 Å². The summed E-state index contributed by atoms with van der Waals surface area (Å²) >= 11 is 0. The second kappa shape index (κ2) is 6.79. The summed E-state index contributed by atoms with van der Waals surface area (Å²) in [5.41, 5.74) is 0.272. The van der Waals surface area contributed by atoms with Crippen molar-refractivity contribution >= 4 is 5.91 Å². The van der Waals surface area contributed by atoms with E-state index >= 15 is 0 Å². The second-order valence-electron chi connectivity index (χ2n) is 5.28. The molecule has 22 heavy (non-hydrogen) atoms. The van der Waals surface area contributed by atoms with Gasteiger partial charge in [-0.25, -0.2) is 9.78 Å². The molecule has 2 aromatic rings. The third-order valence-electron chi connectivity index (χ3n) is 2.83. The van der Waals surface area contributed by atoms with Crippen LogP contribution in [-0.4, -0.2) is 25.8 Å². The number of amides is 1. The second-order valence-corrected chi connectivity index (χ2v) is 5.28. The molecule has 0 saturated carbocycles. The molecule has 0 aliphatic carbocycles. The minimum atomic E-state index is -0.558. The number of hydrogen-bond acceptors (Lipinski definition) is 5. The molecule has 0 bridgehead atoms. The first-order valence-corrected chi connectivity index (χ1v) is 6.86. The molecule has 0 spiro atoms. The highest BCUT2D eigenvalue weighted by atomic mass is 16.2. The first kappa shape index (κ1) is 15.6. The Balaban J connectivity index is 2.10. The molecule has 8 heteroatoms. The Hall–Kier alpha value is -2.77. The zero-order valence-corrected chi connectivity index (χ0v) is 12.3. The smallest absolute Gasteiger partial charge is 0.345 e. The van der Waals surface area contributed by atoms with Gasteiger partial charge in [0.15, 0.2) is 0 Å². The Bertz CT molecular complexity index is 778. The normalized spacial score (nSPS) is 10.7. The molecular weight excluding hydrogens is 286 g/mol. The van der Waals surface area contributed by atoms with Crippen LogP contribution in [0.15, 0.2) is 28.0 Å². The lowest BCUT2D eigenvalue weighted by molar-refractivity contribution is 0.0944. The molecule has 2 aromatic heterocycles. The Morgan fingerprint density at radius 2 is 2.09 bits per heavy atom. The molecule has 0 aromatic carbocycles. The topological polar surface area (TPSA) is 121 Å². The number of rotatable bonds is 5. The standard InChI is InChI=1S/C14H17N5O3/c1-8(2)3-9-4-11(19-14(22)18-9)13(21)15-6-10-5-12(20)17-7-16-10/h4-5,7-8H,3,6H2,1-2H3,(H,15,21)(H,16,17,20)(H,18,19,22). The number of H-pyrrole nitrogens is 2. The Morgan fingerprint density at radius 3 is 2.77 bits per heavy atom. The fourth-order valence-corrected chi connectivity index (χ4v) is 1.94. The summed E-state index contributed by atoms with van der Waals surface area (Å²) in [5, 5.41) is 2.58. The molecule has 2 heterocycles.